The van der Waals surface area contributed by atoms with Crippen LogP contribution in [0.1, 0.15) is 30.0 Å². The van der Waals surface area contributed by atoms with Crippen LogP contribution in [0.4, 0.5) is 0 Å². The number of rotatable bonds is 6. The van der Waals surface area contributed by atoms with Gasteiger partial charge in [-0.05, 0) is 12.0 Å². The Kier molecular flexibility index (Phi) is 4.28. The lowest BCUT2D eigenvalue weighted by atomic mass is 10.0. The van der Waals surface area contributed by atoms with Gasteiger partial charge in [-0.25, -0.2) is 4.79 Å². The molecule has 1 heterocycles. The molecule has 1 aromatic carbocycles. The molecule has 0 bridgehead atoms. The highest BCUT2D eigenvalue weighted by atomic mass is 16.4. The zero-order valence-electron chi connectivity index (χ0n) is 11.9. The van der Waals surface area contributed by atoms with E-state index in [4.69, 9.17) is 10.2 Å². The van der Waals surface area contributed by atoms with Gasteiger partial charge in [-0.1, -0.05) is 32.0 Å². The molecular formula is C15H18N2O4. The summed E-state index contributed by atoms with van der Waals surface area (Å²) < 4.78 is 5.57. The number of carboxylic acid groups (broad SMARTS) is 1. The highest BCUT2D eigenvalue weighted by molar-refractivity contribution is 6.03. The molecule has 4 N–H and O–H groups in total. The summed E-state index contributed by atoms with van der Waals surface area (Å²) in [7, 11) is 0. The fraction of sp³-hybridized carbons (Fsp3) is 0.333. The molecule has 0 fully saturated rings. The van der Waals surface area contributed by atoms with Crippen LogP contribution in [-0.4, -0.2) is 23.0 Å². The number of hydrogen-bond donors (Lipinski definition) is 3. The molecule has 0 spiro atoms. The predicted octanol–water partition coefficient (Wildman–Crippen LogP) is 1.73. The highest BCUT2D eigenvalue weighted by Crippen LogP contribution is 2.26. The number of nitrogens with one attached hydrogen (secondary N) is 1. The second kappa shape index (κ2) is 5.97. The van der Waals surface area contributed by atoms with Crippen LogP contribution < -0.4 is 11.1 Å². The number of carbonyl (C=O) groups excluding carboxylic acids is 1. The normalized spacial score (nSPS) is 12.7. The van der Waals surface area contributed by atoms with Gasteiger partial charge in [0.05, 0.1) is 12.6 Å². The number of para-hydroxylation sites is 1. The molecule has 2 rings (SSSR count). The Morgan fingerprint density at radius 3 is 2.57 bits per heavy atom. The first-order valence-corrected chi connectivity index (χ1v) is 6.68. The lowest BCUT2D eigenvalue weighted by Gasteiger charge is -2.18. The van der Waals surface area contributed by atoms with Crippen molar-refractivity contribution in [2.75, 3.05) is 0 Å². The van der Waals surface area contributed by atoms with Gasteiger partial charge in [0.25, 0.3) is 0 Å². The minimum Gasteiger partial charge on any atom is -0.478 e. The third-order valence-electron chi connectivity index (χ3n) is 3.34. The van der Waals surface area contributed by atoms with E-state index in [1.807, 2.05) is 13.8 Å². The molecule has 6 nitrogen and oxygen atoms in total. The van der Waals surface area contributed by atoms with Gasteiger partial charge in [0, 0.05) is 5.39 Å². The maximum absolute atomic E-state index is 11.4. The van der Waals surface area contributed by atoms with Gasteiger partial charge < -0.3 is 15.3 Å². The maximum Gasteiger partial charge on any atom is 0.339 e. The third-order valence-corrected chi connectivity index (χ3v) is 3.34. The average molecular weight is 290 g/mol. The summed E-state index contributed by atoms with van der Waals surface area (Å²) in [6, 6.07) is 6.38. The van der Waals surface area contributed by atoms with E-state index in [9.17, 15) is 14.7 Å². The number of amides is 1. The molecule has 0 aliphatic rings. The summed E-state index contributed by atoms with van der Waals surface area (Å²) in [5, 5.41) is 12.9. The molecule has 0 aliphatic heterocycles. The van der Waals surface area contributed by atoms with Gasteiger partial charge in [0.2, 0.25) is 5.91 Å². The summed E-state index contributed by atoms with van der Waals surface area (Å²) >= 11 is 0. The first-order valence-electron chi connectivity index (χ1n) is 6.68. The van der Waals surface area contributed by atoms with Crippen molar-refractivity contribution < 1.29 is 19.1 Å². The smallest absolute Gasteiger partial charge is 0.339 e. The van der Waals surface area contributed by atoms with Crippen LogP contribution in [0.3, 0.4) is 0 Å². The van der Waals surface area contributed by atoms with E-state index in [1.165, 1.54) is 0 Å². The van der Waals surface area contributed by atoms with Crippen molar-refractivity contribution >= 4 is 22.8 Å². The number of nitrogens with two attached hydrogens (primary N) is 1. The Hall–Kier alpha value is -2.34. The molecule has 0 saturated carbocycles. The van der Waals surface area contributed by atoms with E-state index in [2.05, 4.69) is 5.32 Å². The zero-order chi connectivity index (χ0) is 15.6. The van der Waals surface area contributed by atoms with E-state index in [-0.39, 0.29) is 23.8 Å². The van der Waals surface area contributed by atoms with Crippen molar-refractivity contribution in [1.82, 2.24) is 5.32 Å². The van der Waals surface area contributed by atoms with Gasteiger partial charge in [-0.2, -0.15) is 0 Å². The van der Waals surface area contributed by atoms with Crippen molar-refractivity contribution in [2.24, 2.45) is 11.7 Å². The number of aromatic carboxylic acids is 1. The topological polar surface area (TPSA) is 106 Å². The molecule has 1 unspecified atom stereocenters. The molecule has 6 heteroatoms. The van der Waals surface area contributed by atoms with Crippen LogP contribution in [0.5, 0.6) is 0 Å². The third kappa shape index (κ3) is 3.05. The molecule has 0 aliphatic carbocycles. The van der Waals surface area contributed by atoms with Crippen LogP contribution in [0.15, 0.2) is 28.7 Å². The SMILES string of the molecule is CC(C)C(NCc1oc2ccccc2c1C(=O)O)C(N)=O. The first kappa shape index (κ1) is 15.1. The zero-order valence-corrected chi connectivity index (χ0v) is 11.9. The van der Waals surface area contributed by atoms with Crippen molar-refractivity contribution in [3.8, 4) is 0 Å². The molecule has 112 valence electrons. The molecule has 2 aromatic rings. The maximum atomic E-state index is 11.4. The standard InChI is InChI=1S/C15H18N2O4/c1-8(2)13(14(16)18)17-7-11-12(15(19)20)9-5-3-4-6-10(9)21-11/h3-6,8,13,17H,7H2,1-2H3,(H2,16,18)(H,19,20). The van der Waals surface area contributed by atoms with Crippen molar-refractivity contribution in [3.05, 3.63) is 35.6 Å². The number of carboxylic acids is 1. The van der Waals surface area contributed by atoms with Crippen LogP contribution in [-0.2, 0) is 11.3 Å². The average Bonchev–Trinajstić information content (AvgIpc) is 2.76. The van der Waals surface area contributed by atoms with Crippen LogP contribution in [0, 0.1) is 5.92 Å². The molecule has 0 saturated heterocycles. The Bertz CT molecular complexity index is 675. The van der Waals surface area contributed by atoms with Crippen molar-refractivity contribution in [2.45, 2.75) is 26.4 Å². The summed E-state index contributed by atoms with van der Waals surface area (Å²) in [6.45, 7) is 3.85. The molecule has 0 radical (unpaired) electrons. The van der Waals surface area contributed by atoms with Gasteiger partial charge in [-0.3, -0.25) is 10.1 Å². The van der Waals surface area contributed by atoms with E-state index >= 15 is 0 Å². The van der Waals surface area contributed by atoms with Gasteiger partial charge in [0.15, 0.2) is 0 Å². The molecule has 1 amide bonds. The van der Waals surface area contributed by atoms with Crippen LogP contribution in [0.25, 0.3) is 11.0 Å². The Morgan fingerprint density at radius 1 is 1.33 bits per heavy atom. The van der Waals surface area contributed by atoms with Gasteiger partial charge in [0.1, 0.15) is 16.9 Å². The van der Waals surface area contributed by atoms with E-state index in [0.717, 1.165) is 0 Å². The monoisotopic (exact) mass is 290 g/mol. The minimum atomic E-state index is -1.06. The van der Waals surface area contributed by atoms with E-state index < -0.39 is 17.9 Å². The number of benzene rings is 1. The van der Waals surface area contributed by atoms with Crippen molar-refractivity contribution in [3.63, 3.8) is 0 Å². The Balaban J connectivity index is 2.32. The number of fused-ring (bicyclic) bond motifs is 1. The number of carbonyl (C=O) groups is 2. The minimum absolute atomic E-state index is 0.000145. The fourth-order valence-corrected chi connectivity index (χ4v) is 2.32. The molecule has 21 heavy (non-hydrogen) atoms. The second-order valence-corrected chi connectivity index (χ2v) is 5.21. The van der Waals surface area contributed by atoms with E-state index in [1.54, 1.807) is 24.3 Å². The van der Waals surface area contributed by atoms with E-state index in [0.29, 0.717) is 11.0 Å². The van der Waals surface area contributed by atoms with Gasteiger partial charge in [-0.15, -0.1) is 0 Å². The number of furan rings is 1. The summed E-state index contributed by atoms with van der Waals surface area (Å²) in [6.07, 6.45) is 0. The molecular weight excluding hydrogens is 272 g/mol. The number of primary amides is 1. The highest BCUT2D eigenvalue weighted by Gasteiger charge is 2.23. The first-order chi connectivity index (χ1) is 9.91. The summed E-state index contributed by atoms with van der Waals surface area (Å²) in [5.41, 5.74) is 5.95. The van der Waals surface area contributed by atoms with Gasteiger partial charge >= 0.3 is 5.97 Å². The second-order valence-electron chi connectivity index (χ2n) is 5.21. The Morgan fingerprint density at radius 2 is 2.00 bits per heavy atom. The lowest BCUT2D eigenvalue weighted by Crippen LogP contribution is -2.44. The lowest BCUT2D eigenvalue weighted by molar-refractivity contribution is -0.121. The Labute approximate surface area is 121 Å². The molecule has 1 aromatic heterocycles. The number of hydrogen-bond acceptors (Lipinski definition) is 4. The van der Waals surface area contributed by atoms with Crippen LogP contribution >= 0.6 is 0 Å². The van der Waals surface area contributed by atoms with Crippen molar-refractivity contribution in [1.29, 1.82) is 0 Å². The fourth-order valence-electron chi connectivity index (χ4n) is 2.32. The predicted molar refractivity (Wildman–Crippen MR) is 77.8 cm³/mol. The summed E-state index contributed by atoms with van der Waals surface area (Å²) in [5.74, 6) is -1.24. The quantitative estimate of drug-likeness (QED) is 0.751. The molecule has 1 atom stereocenters. The summed E-state index contributed by atoms with van der Waals surface area (Å²) in [4.78, 5) is 22.8. The largest absolute Gasteiger partial charge is 0.478 e. The van der Waals surface area contributed by atoms with Crippen LogP contribution in [0.2, 0.25) is 0 Å².